The van der Waals surface area contributed by atoms with Crippen LogP contribution in [0.5, 0.6) is 5.75 Å². The van der Waals surface area contributed by atoms with Gasteiger partial charge in [0.2, 0.25) is 5.89 Å². The van der Waals surface area contributed by atoms with Crippen LogP contribution in [0, 0.1) is 0 Å². The summed E-state index contributed by atoms with van der Waals surface area (Å²) in [5, 5.41) is 8.48. The van der Waals surface area contributed by atoms with Crippen LogP contribution in [0.25, 0.3) is 11.5 Å². The average molecular weight is 302 g/mol. The van der Waals surface area contributed by atoms with E-state index in [1.807, 2.05) is 18.2 Å². The van der Waals surface area contributed by atoms with Gasteiger partial charge < -0.3 is 14.9 Å². The third-order valence-corrected chi connectivity index (χ3v) is 3.14. The molecule has 0 saturated carbocycles. The van der Waals surface area contributed by atoms with Crippen molar-refractivity contribution in [1.82, 2.24) is 10.2 Å². The molecule has 0 aliphatic carbocycles. The minimum absolute atomic E-state index is 0.182. The summed E-state index contributed by atoms with van der Waals surface area (Å²) >= 11 is 6.08. The van der Waals surface area contributed by atoms with E-state index in [1.54, 1.807) is 30.3 Å². The van der Waals surface area contributed by atoms with Crippen molar-refractivity contribution in [2.45, 2.75) is 6.61 Å². The Hall–Kier alpha value is -2.53. The third kappa shape index (κ3) is 3.14. The number of aromatic nitrogens is 2. The lowest BCUT2D eigenvalue weighted by Crippen LogP contribution is -1.95. The molecule has 0 amide bonds. The third-order valence-electron chi connectivity index (χ3n) is 2.81. The van der Waals surface area contributed by atoms with Crippen LogP contribution in [0.3, 0.4) is 0 Å². The molecule has 2 aromatic carbocycles. The highest BCUT2D eigenvalue weighted by atomic mass is 35.5. The van der Waals surface area contributed by atoms with Crippen molar-refractivity contribution in [3.05, 3.63) is 59.4 Å². The van der Waals surface area contributed by atoms with Gasteiger partial charge in [0.1, 0.15) is 5.75 Å². The maximum absolute atomic E-state index is 6.08. The first kappa shape index (κ1) is 13.5. The van der Waals surface area contributed by atoms with Crippen LogP contribution in [0.15, 0.2) is 52.9 Å². The van der Waals surface area contributed by atoms with Gasteiger partial charge in [0.25, 0.3) is 5.89 Å². The van der Waals surface area contributed by atoms with E-state index in [4.69, 9.17) is 26.5 Å². The fourth-order valence-electron chi connectivity index (χ4n) is 1.76. The molecule has 2 N–H and O–H groups in total. The summed E-state index contributed by atoms with van der Waals surface area (Å²) in [5.74, 6) is 1.43. The van der Waals surface area contributed by atoms with E-state index in [2.05, 4.69) is 10.2 Å². The van der Waals surface area contributed by atoms with Crippen molar-refractivity contribution in [2.75, 3.05) is 5.73 Å². The molecule has 0 aliphatic rings. The van der Waals surface area contributed by atoms with Gasteiger partial charge in [-0.25, -0.2) is 0 Å². The molecule has 0 unspecified atom stereocenters. The summed E-state index contributed by atoms with van der Waals surface area (Å²) in [4.78, 5) is 0. The number of nitrogens with zero attached hydrogens (tertiary/aromatic N) is 2. The van der Waals surface area contributed by atoms with Crippen LogP contribution < -0.4 is 10.5 Å². The van der Waals surface area contributed by atoms with Gasteiger partial charge in [0.15, 0.2) is 6.61 Å². The smallest absolute Gasteiger partial charge is 0.254 e. The van der Waals surface area contributed by atoms with E-state index in [-0.39, 0.29) is 6.61 Å². The van der Waals surface area contributed by atoms with Gasteiger partial charge in [-0.3, -0.25) is 0 Å². The fraction of sp³-hybridized carbons (Fsp3) is 0.0667. The highest BCUT2D eigenvalue weighted by molar-refractivity contribution is 6.33. The van der Waals surface area contributed by atoms with Crippen LogP contribution in [0.4, 0.5) is 5.69 Å². The molecule has 21 heavy (non-hydrogen) atoms. The summed E-state index contributed by atoms with van der Waals surface area (Å²) in [6.45, 7) is 0.182. The van der Waals surface area contributed by atoms with E-state index in [0.29, 0.717) is 33.8 Å². The van der Waals surface area contributed by atoms with E-state index < -0.39 is 0 Å². The molecule has 0 aliphatic heterocycles. The molecule has 106 valence electrons. The highest BCUT2D eigenvalue weighted by Crippen LogP contribution is 2.26. The fourth-order valence-corrected chi connectivity index (χ4v) is 1.98. The first-order valence-electron chi connectivity index (χ1n) is 6.28. The number of benzene rings is 2. The second kappa shape index (κ2) is 5.85. The summed E-state index contributed by atoms with van der Waals surface area (Å²) in [6, 6.07) is 14.4. The second-order valence-electron chi connectivity index (χ2n) is 4.34. The molecule has 6 heteroatoms. The maximum atomic E-state index is 6.08. The number of halogens is 1. The molecule has 3 aromatic rings. The number of hydrogen-bond acceptors (Lipinski definition) is 5. The molecule has 0 spiro atoms. The van der Waals surface area contributed by atoms with Crippen LogP contribution >= 0.6 is 11.6 Å². The first-order chi connectivity index (χ1) is 10.2. The lowest BCUT2D eigenvalue weighted by Gasteiger charge is -2.03. The highest BCUT2D eigenvalue weighted by Gasteiger charge is 2.11. The summed E-state index contributed by atoms with van der Waals surface area (Å²) < 4.78 is 11.1. The Morgan fingerprint density at radius 1 is 1.05 bits per heavy atom. The maximum Gasteiger partial charge on any atom is 0.254 e. The number of anilines is 1. The molecule has 0 atom stereocenters. The monoisotopic (exact) mass is 301 g/mol. The lowest BCUT2D eigenvalue weighted by atomic mass is 10.2. The quantitative estimate of drug-likeness (QED) is 0.746. The largest absolute Gasteiger partial charge is 0.484 e. The predicted molar refractivity (Wildman–Crippen MR) is 79.9 cm³/mol. The van der Waals surface area contributed by atoms with Crippen molar-refractivity contribution in [1.29, 1.82) is 0 Å². The Morgan fingerprint density at radius 3 is 2.57 bits per heavy atom. The van der Waals surface area contributed by atoms with Crippen LogP contribution in [0.1, 0.15) is 5.89 Å². The van der Waals surface area contributed by atoms with Gasteiger partial charge in [-0.1, -0.05) is 23.7 Å². The zero-order chi connectivity index (χ0) is 14.7. The van der Waals surface area contributed by atoms with Crippen molar-refractivity contribution in [2.24, 2.45) is 0 Å². The molecule has 0 bridgehead atoms. The molecule has 0 saturated heterocycles. The molecule has 1 aromatic heterocycles. The van der Waals surface area contributed by atoms with E-state index in [1.165, 1.54) is 0 Å². The van der Waals surface area contributed by atoms with E-state index in [0.717, 1.165) is 0 Å². The Labute approximate surface area is 126 Å². The van der Waals surface area contributed by atoms with Crippen molar-refractivity contribution >= 4 is 17.3 Å². The Kier molecular flexibility index (Phi) is 3.75. The average Bonchev–Trinajstić information content (AvgIpc) is 2.96. The van der Waals surface area contributed by atoms with Gasteiger partial charge in [0.05, 0.1) is 10.6 Å². The molecule has 0 radical (unpaired) electrons. The summed E-state index contributed by atoms with van der Waals surface area (Å²) in [5.41, 5.74) is 6.99. The van der Waals surface area contributed by atoms with E-state index >= 15 is 0 Å². The molecular weight excluding hydrogens is 290 g/mol. The Bertz CT molecular complexity index is 741. The minimum Gasteiger partial charge on any atom is -0.484 e. The number of ether oxygens (including phenoxy) is 1. The van der Waals surface area contributed by atoms with Gasteiger partial charge in [-0.15, -0.1) is 10.2 Å². The van der Waals surface area contributed by atoms with Gasteiger partial charge in [-0.2, -0.15) is 0 Å². The van der Waals surface area contributed by atoms with Gasteiger partial charge in [-0.05, 0) is 36.4 Å². The van der Waals surface area contributed by atoms with Crippen molar-refractivity contribution in [3.63, 3.8) is 0 Å². The molecule has 1 heterocycles. The van der Waals surface area contributed by atoms with Gasteiger partial charge >= 0.3 is 0 Å². The molecule has 5 nitrogen and oxygen atoms in total. The topological polar surface area (TPSA) is 74.2 Å². The Balaban J connectivity index is 1.71. The minimum atomic E-state index is 0.182. The van der Waals surface area contributed by atoms with Crippen LogP contribution in [-0.4, -0.2) is 10.2 Å². The standard InChI is InChI=1S/C15H12ClN3O2/c16-13-4-2-1-3-12(13)15-19-18-14(21-15)9-20-11-7-5-10(17)6-8-11/h1-8H,9,17H2. The van der Waals surface area contributed by atoms with E-state index in [9.17, 15) is 0 Å². The number of nitrogens with two attached hydrogens (primary N) is 1. The van der Waals surface area contributed by atoms with Crippen molar-refractivity contribution in [3.8, 4) is 17.2 Å². The van der Waals surface area contributed by atoms with Crippen molar-refractivity contribution < 1.29 is 9.15 Å². The Morgan fingerprint density at radius 2 is 1.81 bits per heavy atom. The molecular formula is C15H12ClN3O2. The zero-order valence-electron chi connectivity index (χ0n) is 11.0. The first-order valence-corrected chi connectivity index (χ1v) is 6.66. The second-order valence-corrected chi connectivity index (χ2v) is 4.75. The predicted octanol–water partition coefficient (Wildman–Crippen LogP) is 3.55. The number of rotatable bonds is 4. The van der Waals surface area contributed by atoms with Crippen LogP contribution in [-0.2, 0) is 6.61 Å². The zero-order valence-corrected chi connectivity index (χ0v) is 11.7. The summed E-state index contributed by atoms with van der Waals surface area (Å²) in [7, 11) is 0. The lowest BCUT2D eigenvalue weighted by molar-refractivity contribution is 0.264. The SMILES string of the molecule is Nc1ccc(OCc2nnc(-c3ccccc3Cl)o2)cc1. The molecule has 3 rings (SSSR count). The normalized spacial score (nSPS) is 10.5. The summed E-state index contributed by atoms with van der Waals surface area (Å²) in [6.07, 6.45) is 0. The van der Waals surface area contributed by atoms with Crippen LogP contribution in [0.2, 0.25) is 5.02 Å². The molecule has 0 fully saturated rings. The van der Waals surface area contributed by atoms with Gasteiger partial charge in [0, 0.05) is 5.69 Å². The number of hydrogen-bond donors (Lipinski definition) is 1. The number of nitrogen functional groups attached to an aromatic ring is 1.